The molecule has 0 N–H and O–H groups in total. The summed E-state index contributed by atoms with van der Waals surface area (Å²) in [4.78, 5) is 0. The van der Waals surface area contributed by atoms with Crippen LogP contribution in [-0.2, 0) is 6.42 Å². The molecule has 1 aliphatic carbocycles. The SMILES string of the molecule is CCCCCC1CCC(c2ccc(CCC)cc2)C(F)(F)C1. The molecule has 1 aromatic rings. The highest BCUT2D eigenvalue weighted by atomic mass is 19.3. The second-order valence-corrected chi connectivity index (χ2v) is 6.95. The number of hydrogen-bond donors (Lipinski definition) is 0. The molecule has 0 heterocycles. The van der Waals surface area contributed by atoms with E-state index in [0.717, 1.165) is 44.1 Å². The van der Waals surface area contributed by atoms with Gasteiger partial charge in [0.2, 0.25) is 0 Å². The summed E-state index contributed by atoms with van der Waals surface area (Å²) in [6.45, 7) is 4.30. The molecular weight excluding hydrogens is 278 g/mol. The van der Waals surface area contributed by atoms with Crippen molar-refractivity contribution in [1.29, 1.82) is 0 Å². The summed E-state index contributed by atoms with van der Waals surface area (Å²) in [5.74, 6) is -2.90. The van der Waals surface area contributed by atoms with Crippen LogP contribution in [0.15, 0.2) is 24.3 Å². The average Bonchev–Trinajstić information content (AvgIpc) is 2.48. The van der Waals surface area contributed by atoms with E-state index < -0.39 is 11.8 Å². The second-order valence-electron chi connectivity index (χ2n) is 6.95. The van der Waals surface area contributed by atoms with E-state index in [1.165, 1.54) is 12.0 Å². The van der Waals surface area contributed by atoms with Crippen molar-refractivity contribution in [3.05, 3.63) is 35.4 Å². The van der Waals surface area contributed by atoms with Crippen molar-refractivity contribution in [2.75, 3.05) is 0 Å². The fourth-order valence-corrected chi connectivity index (χ4v) is 3.79. The van der Waals surface area contributed by atoms with Crippen LogP contribution in [-0.4, -0.2) is 5.92 Å². The molecule has 1 aromatic carbocycles. The minimum absolute atomic E-state index is 0.0814. The predicted octanol–water partition coefficient (Wildman–Crippen LogP) is 6.74. The van der Waals surface area contributed by atoms with Crippen molar-refractivity contribution in [3.63, 3.8) is 0 Å². The highest BCUT2D eigenvalue weighted by Crippen LogP contribution is 2.48. The highest BCUT2D eigenvalue weighted by Gasteiger charge is 2.45. The Morgan fingerprint density at radius 3 is 2.32 bits per heavy atom. The summed E-state index contributed by atoms with van der Waals surface area (Å²) in [7, 11) is 0. The third-order valence-electron chi connectivity index (χ3n) is 5.07. The summed E-state index contributed by atoms with van der Waals surface area (Å²) < 4.78 is 29.1. The molecule has 0 saturated heterocycles. The number of alkyl halides is 2. The van der Waals surface area contributed by atoms with Crippen LogP contribution in [0.3, 0.4) is 0 Å². The fourth-order valence-electron chi connectivity index (χ4n) is 3.79. The van der Waals surface area contributed by atoms with Gasteiger partial charge in [-0.1, -0.05) is 70.2 Å². The summed E-state index contributed by atoms with van der Waals surface area (Å²) in [6, 6.07) is 7.92. The summed E-state index contributed by atoms with van der Waals surface area (Å²) in [6.07, 6.45) is 8.22. The smallest absolute Gasteiger partial charge is 0.206 e. The molecule has 2 unspecified atom stereocenters. The van der Waals surface area contributed by atoms with Crippen molar-refractivity contribution < 1.29 is 8.78 Å². The topological polar surface area (TPSA) is 0 Å². The zero-order valence-electron chi connectivity index (χ0n) is 14.1. The molecule has 124 valence electrons. The summed E-state index contributed by atoms with van der Waals surface area (Å²) in [5.41, 5.74) is 2.08. The number of aryl methyl sites for hydroxylation is 1. The van der Waals surface area contributed by atoms with E-state index in [4.69, 9.17) is 0 Å². The number of hydrogen-bond acceptors (Lipinski definition) is 0. The molecule has 2 heteroatoms. The molecule has 22 heavy (non-hydrogen) atoms. The lowest BCUT2D eigenvalue weighted by Gasteiger charge is -2.36. The Balaban J connectivity index is 1.97. The Morgan fingerprint density at radius 2 is 1.73 bits per heavy atom. The molecule has 2 atom stereocenters. The molecule has 1 aliphatic rings. The largest absolute Gasteiger partial charge is 0.255 e. The zero-order valence-corrected chi connectivity index (χ0v) is 14.1. The van der Waals surface area contributed by atoms with Gasteiger partial charge in [-0.2, -0.15) is 0 Å². The molecule has 1 saturated carbocycles. The fraction of sp³-hybridized carbons (Fsp3) is 0.700. The number of benzene rings is 1. The van der Waals surface area contributed by atoms with Crippen molar-refractivity contribution in [2.24, 2.45) is 5.92 Å². The Morgan fingerprint density at radius 1 is 1.00 bits per heavy atom. The molecule has 2 rings (SSSR count). The van der Waals surface area contributed by atoms with Crippen LogP contribution in [0.4, 0.5) is 8.78 Å². The van der Waals surface area contributed by atoms with E-state index in [0.29, 0.717) is 6.42 Å². The molecule has 0 amide bonds. The maximum absolute atomic E-state index is 14.6. The molecule has 0 nitrogen and oxygen atoms in total. The van der Waals surface area contributed by atoms with Crippen LogP contribution in [0.2, 0.25) is 0 Å². The van der Waals surface area contributed by atoms with Crippen LogP contribution in [0.5, 0.6) is 0 Å². The van der Waals surface area contributed by atoms with Gasteiger partial charge in [0.15, 0.2) is 0 Å². The van der Waals surface area contributed by atoms with Crippen LogP contribution >= 0.6 is 0 Å². The summed E-state index contributed by atoms with van der Waals surface area (Å²) >= 11 is 0. The number of rotatable bonds is 7. The Kier molecular flexibility index (Phi) is 6.40. The molecule has 0 spiro atoms. The lowest BCUT2D eigenvalue weighted by atomic mass is 9.74. The molecule has 0 aliphatic heterocycles. The van der Waals surface area contributed by atoms with Crippen LogP contribution in [0, 0.1) is 5.92 Å². The third kappa shape index (κ3) is 4.54. The Bertz CT molecular complexity index is 436. The molecule has 0 aromatic heterocycles. The minimum atomic E-state index is -2.54. The molecular formula is C20H30F2. The first-order valence-electron chi connectivity index (χ1n) is 9.03. The van der Waals surface area contributed by atoms with Gasteiger partial charge in [0.25, 0.3) is 5.92 Å². The van der Waals surface area contributed by atoms with Gasteiger partial charge >= 0.3 is 0 Å². The van der Waals surface area contributed by atoms with Crippen LogP contribution < -0.4 is 0 Å². The Hall–Kier alpha value is -0.920. The van der Waals surface area contributed by atoms with Gasteiger partial charge in [-0.25, -0.2) is 8.78 Å². The van der Waals surface area contributed by atoms with Gasteiger partial charge < -0.3 is 0 Å². The highest BCUT2D eigenvalue weighted by molar-refractivity contribution is 5.27. The monoisotopic (exact) mass is 308 g/mol. The molecule has 0 bridgehead atoms. The van der Waals surface area contributed by atoms with Gasteiger partial charge in [-0.05, 0) is 36.3 Å². The maximum Gasteiger partial charge on any atom is 0.255 e. The van der Waals surface area contributed by atoms with Crippen LogP contribution in [0.1, 0.15) is 82.3 Å². The van der Waals surface area contributed by atoms with Gasteiger partial charge in [0, 0.05) is 12.3 Å². The van der Waals surface area contributed by atoms with E-state index >= 15 is 0 Å². The van der Waals surface area contributed by atoms with E-state index in [1.807, 2.05) is 24.3 Å². The maximum atomic E-state index is 14.6. The van der Waals surface area contributed by atoms with Crippen molar-refractivity contribution in [3.8, 4) is 0 Å². The lowest BCUT2D eigenvalue weighted by Crippen LogP contribution is -2.34. The normalized spacial score (nSPS) is 24.4. The van der Waals surface area contributed by atoms with Gasteiger partial charge in [-0.15, -0.1) is 0 Å². The van der Waals surface area contributed by atoms with Crippen molar-refractivity contribution in [1.82, 2.24) is 0 Å². The second kappa shape index (κ2) is 8.08. The summed E-state index contributed by atoms with van der Waals surface area (Å²) in [5, 5.41) is 0. The van der Waals surface area contributed by atoms with E-state index in [1.54, 1.807) is 0 Å². The van der Waals surface area contributed by atoms with Gasteiger partial charge in [0.05, 0.1) is 0 Å². The van der Waals surface area contributed by atoms with E-state index in [-0.39, 0.29) is 12.3 Å². The minimum Gasteiger partial charge on any atom is -0.206 e. The van der Waals surface area contributed by atoms with Gasteiger partial charge in [0.1, 0.15) is 0 Å². The predicted molar refractivity (Wildman–Crippen MR) is 89.6 cm³/mol. The average molecular weight is 308 g/mol. The zero-order chi connectivity index (χ0) is 16.0. The van der Waals surface area contributed by atoms with Crippen molar-refractivity contribution >= 4 is 0 Å². The molecule has 0 radical (unpaired) electrons. The first-order valence-corrected chi connectivity index (χ1v) is 9.03. The first kappa shape index (κ1) is 17.4. The lowest BCUT2D eigenvalue weighted by molar-refractivity contribution is -0.0737. The van der Waals surface area contributed by atoms with Crippen LogP contribution in [0.25, 0.3) is 0 Å². The Labute approximate surface area is 134 Å². The van der Waals surface area contributed by atoms with E-state index in [9.17, 15) is 8.78 Å². The van der Waals surface area contributed by atoms with E-state index in [2.05, 4.69) is 13.8 Å². The van der Waals surface area contributed by atoms with Crippen molar-refractivity contribution in [2.45, 2.75) is 83.5 Å². The third-order valence-corrected chi connectivity index (χ3v) is 5.07. The standard InChI is InChI=1S/C20H30F2/c1-3-5-6-8-17-11-14-19(20(21,22)15-17)18-12-9-16(7-4-2)10-13-18/h9-10,12-13,17,19H,3-8,11,14-15H2,1-2H3. The first-order chi connectivity index (χ1) is 10.6. The van der Waals surface area contributed by atoms with Gasteiger partial charge in [-0.3, -0.25) is 0 Å². The molecule has 1 fully saturated rings. The number of unbranched alkanes of at least 4 members (excludes halogenated alkanes) is 2. The number of halogens is 2. The quantitative estimate of drug-likeness (QED) is 0.489.